The van der Waals surface area contributed by atoms with Crippen LogP contribution in [-0.4, -0.2) is 28.4 Å². The Balaban J connectivity index is 1.53. The first kappa shape index (κ1) is 19.6. The van der Waals surface area contributed by atoms with E-state index in [9.17, 15) is 19.7 Å². The van der Waals surface area contributed by atoms with Crippen molar-refractivity contribution in [3.63, 3.8) is 0 Å². The molecule has 1 heterocycles. The summed E-state index contributed by atoms with van der Waals surface area (Å²) in [5.74, 6) is -1.29. The summed E-state index contributed by atoms with van der Waals surface area (Å²) in [5.41, 5.74) is 1.60. The van der Waals surface area contributed by atoms with E-state index in [0.29, 0.717) is 5.13 Å². The van der Waals surface area contributed by atoms with Crippen molar-refractivity contribution in [2.24, 2.45) is 0 Å². The molecule has 2 aromatic carbocycles. The van der Waals surface area contributed by atoms with Crippen LogP contribution in [0.15, 0.2) is 58.4 Å². The molecule has 3 rings (SSSR count). The second kappa shape index (κ2) is 8.72. The quantitative estimate of drug-likeness (QED) is 0.333. The van der Waals surface area contributed by atoms with Gasteiger partial charge in [-0.15, -0.1) is 11.3 Å². The summed E-state index contributed by atoms with van der Waals surface area (Å²) >= 11 is 4.62. The molecule has 1 N–H and O–H groups in total. The zero-order valence-electron chi connectivity index (χ0n) is 14.1. The number of carbonyl (C=O) groups excluding carboxylic acids is 2. The van der Waals surface area contributed by atoms with Crippen LogP contribution in [0.4, 0.5) is 10.8 Å². The number of amides is 1. The number of ether oxygens (including phenoxy) is 1. The van der Waals surface area contributed by atoms with Gasteiger partial charge in [0.05, 0.1) is 16.2 Å². The molecule has 142 valence electrons. The molecule has 0 fully saturated rings. The van der Waals surface area contributed by atoms with Crippen molar-refractivity contribution in [1.29, 1.82) is 0 Å². The molecular weight excluding hydrogens is 450 g/mol. The van der Waals surface area contributed by atoms with Gasteiger partial charge >= 0.3 is 5.97 Å². The summed E-state index contributed by atoms with van der Waals surface area (Å²) in [4.78, 5) is 38.2. The van der Waals surface area contributed by atoms with Gasteiger partial charge in [-0.25, -0.2) is 9.78 Å². The highest BCUT2D eigenvalue weighted by Gasteiger charge is 2.14. The maximum atomic E-state index is 12.0. The lowest BCUT2D eigenvalue weighted by Crippen LogP contribution is -2.20. The van der Waals surface area contributed by atoms with E-state index in [-0.39, 0.29) is 11.3 Å². The molecule has 0 bridgehead atoms. The number of hydrogen-bond donors (Lipinski definition) is 1. The lowest BCUT2D eigenvalue weighted by molar-refractivity contribution is -0.384. The number of esters is 1. The van der Waals surface area contributed by atoms with E-state index < -0.39 is 23.4 Å². The number of benzene rings is 2. The number of anilines is 1. The molecule has 3 aromatic rings. The number of thiazole rings is 1. The van der Waals surface area contributed by atoms with Gasteiger partial charge in [-0.1, -0.05) is 28.1 Å². The Bertz CT molecular complexity index is 1020. The van der Waals surface area contributed by atoms with Crippen molar-refractivity contribution in [3.8, 4) is 11.3 Å². The topological polar surface area (TPSA) is 111 Å². The van der Waals surface area contributed by atoms with Gasteiger partial charge in [-0.2, -0.15) is 0 Å². The molecular formula is C18H12BrN3O5S. The molecule has 0 unspecified atom stereocenters. The van der Waals surface area contributed by atoms with Gasteiger partial charge in [0.15, 0.2) is 11.7 Å². The number of nitro groups is 1. The van der Waals surface area contributed by atoms with E-state index in [1.54, 1.807) is 0 Å². The summed E-state index contributed by atoms with van der Waals surface area (Å²) in [6.45, 7) is -0.497. The largest absolute Gasteiger partial charge is 0.452 e. The highest BCUT2D eigenvalue weighted by atomic mass is 79.9. The Labute approximate surface area is 171 Å². The van der Waals surface area contributed by atoms with Crippen molar-refractivity contribution in [3.05, 3.63) is 74.1 Å². The molecule has 0 radical (unpaired) electrons. The van der Waals surface area contributed by atoms with E-state index in [4.69, 9.17) is 4.74 Å². The summed E-state index contributed by atoms with van der Waals surface area (Å²) in [6.07, 6.45) is 0. The molecule has 0 atom stereocenters. The van der Waals surface area contributed by atoms with Crippen LogP contribution in [0.1, 0.15) is 10.4 Å². The number of carbonyl (C=O) groups is 2. The minimum absolute atomic E-state index is 0.116. The Kier molecular flexibility index (Phi) is 6.12. The molecule has 0 saturated carbocycles. The first-order chi connectivity index (χ1) is 13.4. The molecule has 8 nitrogen and oxygen atoms in total. The molecule has 0 aliphatic heterocycles. The summed E-state index contributed by atoms with van der Waals surface area (Å²) < 4.78 is 5.87. The highest BCUT2D eigenvalue weighted by molar-refractivity contribution is 9.10. The van der Waals surface area contributed by atoms with E-state index >= 15 is 0 Å². The molecule has 10 heteroatoms. The number of nitro benzene ring substituents is 1. The van der Waals surface area contributed by atoms with Crippen LogP contribution in [0.2, 0.25) is 0 Å². The summed E-state index contributed by atoms with van der Waals surface area (Å²) in [5, 5.41) is 15.4. The monoisotopic (exact) mass is 461 g/mol. The number of nitrogens with zero attached hydrogens (tertiary/aromatic N) is 2. The van der Waals surface area contributed by atoms with Gasteiger partial charge in [-0.05, 0) is 24.3 Å². The Morgan fingerprint density at radius 1 is 1.14 bits per heavy atom. The second-order valence-electron chi connectivity index (χ2n) is 5.47. The number of aromatic nitrogens is 1. The second-order valence-corrected chi connectivity index (χ2v) is 7.25. The standard InChI is InChI=1S/C18H12BrN3O5S/c19-13-5-1-11(2-6-13)15-10-28-18(20-15)21-16(23)9-27-17(24)12-3-7-14(8-4-12)22(25)26/h1-8,10H,9H2,(H,20,21,23). The van der Waals surface area contributed by atoms with Crippen molar-refractivity contribution in [1.82, 2.24) is 4.98 Å². The van der Waals surface area contributed by atoms with Gasteiger partial charge in [0.1, 0.15) is 0 Å². The minimum Gasteiger partial charge on any atom is -0.452 e. The normalized spacial score (nSPS) is 10.3. The third-order valence-corrected chi connectivity index (χ3v) is 4.83. The van der Waals surface area contributed by atoms with E-state index in [2.05, 4.69) is 26.2 Å². The third kappa shape index (κ3) is 4.99. The first-order valence-corrected chi connectivity index (χ1v) is 9.52. The first-order valence-electron chi connectivity index (χ1n) is 7.85. The molecule has 0 aliphatic carbocycles. The van der Waals surface area contributed by atoms with E-state index in [0.717, 1.165) is 15.7 Å². The van der Waals surface area contributed by atoms with Crippen molar-refractivity contribution in [2.75, 3.05) is 11.9 Å². The van der Waals surface area contributed by atoms with Crippen LogP contribution < -0.4 is 5.32 Å². The number of rotatable bonds is 6. The fraction of sp³-hybridized carbons (Fsp3) is 0.0556. The van der Waals surface area contributed by atoms with Crippen LogP contribution in [-0.2, 0) is 9.53 Å². The van der Waals surface area contributed by atoms with Gasteiger partial charge < -0.3 is 4.74 Å². The minimum atomic E-state index is -0.750. The molecule has 0 aliphatic rings. The van der Waals surface area contributed by atoms with Crippen LogP contribution in [0.25, 0.3) is 11.3 Å². The molecule has 0 spiro atoms. The zero-order chi connectivity index (χ0) is 20.1. The van der Waals surface area contributed by atoms with Crippen LogP contribution in [0.5, 0.6) is 0 Å². The van der Waals surface area contributed by atoms with Gasteiger partial charge in [0, 0.05) is 27.5 Å². The summed E-state index contributed by atoms with van der Waals surface area (Å²) in [7, 11) is 0. The van der Waals surface area contributed by atoms with Gasteiger partial charge in [0.25, 0.3) is 11.6 Å². The van der Waals surface area contributed by atoms with Crippen molar-refractivity contribution >= 4 is 50.0 Å². The average Bonchev–Trinajstić information content (AvgIpc) is 3.15. The Morgan fingerprint density at radius 3 is 2.46 bits per heavy atom. The van der Waals surface area contributed by atoms with E-state index in [1.807, 2.05) is 29.6 Å². The van der Waals surface area contributed by atoms with Crippen molar-refractivity contribution in [2.45, 2.75) is 0 Å². The molecule has 1 aromatic heterocycles. The Morgan fingerprint density at radius 2 is 1.82 bits per heavy atom. The van der Waals surface area contributed by atoms with E-state index in [1.165, 1.54) is 35.6 Å². The molecule has 28 heavy (non-hydrogen) atoms. The number of nitrogens with one attached hydrogen (secondary N) is 1. The van der Waals surface area contributed by atoms with Crippen LogP contribution in [0, 0.1) is 10.1 Å². The SMILES string of the molecule is O=C(COC(=O)c1ccc([N+](=O)[O-])cc1)Nc1nc(-c2ccc(Br)cc2)cs1. The van der Waals surface area contributed by atoms with Crippen LogP contribution >= 0.6 is 27.3 Å². The number of hydrogen-bond acceptors (Lipinski definition) is 7. The third-order valence-electron chi connectivity index (χ3n) is 3.54. The fourth-order valence-corrected chi connectivity index (χ4v) is 3.17. The average molecular weight is 462 g/mol. The number of non-ortho nitro benzene ring substituents is 1. The van der Waals surface area contributed by atoms with Gasteiger partial charge in [0.2, 0.25) is 0 Å². The molecule has 1 amide bonds. The van der Waals surface area contributed by atoms with Crippen LogP contribution in [0.3, 0.4) is 0 Å². The number of halogens is 1. The highest BCUT2D eigenvalue weighted by Crippen LogP contribution is 2.26. The fourth-order valence-electron chi connectivity index (χ4n) is 2.17. The zero-order valence-corrected chi connectivity index (χ0v) is 16.5. The van der Waals surface area contributed by atoms with Gasteiger partial charge in [-0.3, -0.25) is 20.2 Å². The smallest absolute Gasteiger partial charge is 0.338 e. The molecule has 0 saturated heterocycles. The summed E-state index contributed by atoms with van der Waals surface area (Å²) in [6, 6.07) is 12.5. The maximum Gasteiger partial charge on any atom is 0.338 e. The predicted octanol–water partition coefficient (Wildman–Crippen LogP) is 4.28. The predicted molar refractivity (Wildman–Crippen MR) is 107 cm³/mol. The lowest BCUT2D eigenvalue weighted by Gasteiger charge is -2.04. The maximum absolute atomic E-state index is 12.0. The van der Waals surface area contributed by atoms with Crippen molar-refractivity contribution < 1.29 is 19.2 Å². The Hall–Kier alpha value is -3.11. The lowest BCUT2D eigenvalue weighted by atomic mass is 10.2.